The number of aryl methyl sites for hydroxylation is 1. The molecule has 0 fully saturated rings. The summed E-state index contributed by atoms with van der Waals surface area (Å²) >= 11 is 0. The van der Waals surface area contributed by atoms with Gasteiger partial charge in [0.15, 0.2) is 11.6 Å². The average molecular weight is 279 g/mol. The van der Waals surface area contributed by atoms with Crippen LogP contribution >= 0.6 is 0 Å². The maximum Gasteiger partial charge on any atom is 0.219 e. The van der Waals surface area contributed by atoms with E-state index in [2.05, 4.69) is 10.3 Å². The van der Waals surface area contributed by atoms with E-state index in [1.54, 1.807) is 13.0 Å². The first-order chi connectivity index (χ1) is 9.47. The largest absolute Gasteiger partial charge is 0.433 e. The first-order valence-electron chi connectivity index (χ1n) is 6.08. The smallest absolute Gasteiger partial charge is 0.219 e. The van der Waals surface area contributed by atoms with E-state index >= 15 is 0 Å². The number of aromatic nitrogens is 1. The lowest BCUT2D eigenvalue weighted by Gasteiger charge is -2.13. The molecule has 1 atom stereocenters. The van der Waals surface area contributed by atoms with Crippen LogP contribution in [0.5, 0.6) is 11.6 Å². The maximum absolute atomic E-state index is 13.5. The molecule has 20 heavy (non-hydrogen) atoms. The van der Waals surface area contributed by atoms with Gasteiger partial charge in [-0.25, -0.2) is 13.8 Å². The van der Waals surface area contributed by atoms with E-state index in [0.717, 1.165) is 23.4 Å². The molecule has 106 valence electrons. The van der Waals surface area contributed by atoms with Gasteiger partial charge in [-0.1, -0.05) is 6.07 Å². The van der Waals surface area contributed by atoms with Crippen LogP contribution in [0.3, 0.4) is 0 Å². The number of hydrogen-bond donors (Lipinski definition) is 2. The Labute approximate surface area is 115 Å². The van der Waals surface area contributed by atoms with Crippen molar-refractivity contribution in [1.82, 2.24) is 4.98 Å². The molecule has 0 bridgehead atoms. The first kappa shape index (κ1) is 14.2. The van der Waals surface area contributed by atoms with Crippen LogP contribution in [-0.4, -0.2) is 11.1 Å². The summed E-state index contributed by atoms with van der Waals surface area (Å²) in [6.07, 6.45) is 1.28. The van der Waals surface area contributed by atoms with Crippen molar-refractivity contribution in [3.8, 4) is 11.6 Å². The van der Waals surface area contributed by atoms with Crippen molar-refractivity contribution in [2.45, 2.75) is 20.0 Å². The highest BCUT2D eigenvalue weighted by Gasteiger charge is 2.12. The minimum absolute atomic E-state index is 0.113. The highest BCUT2D eigenvalue weighted by molar-refractivity contribution is 5.51. The van der Waals surface area contributed by atoms with Crippen molar-refractivity contribution in [2.24, 2.45) is 5.73 Å². The van der Waals surface area contributed by atoms with Gasteiger partial charge in [-0.2, -0.15) is 0 Å². The Kier molecular flexibility index (Phi) is 4.14. The van der Waals surface area contributed by atoms with Gasteiger partial charge in [0.1, 0.15) is 0 Å². The third kappa shape index (κ3) is 3.21. The quantitative estimate of drug-likeness (QED) is 0.844. The highest BCUT2D eigenvalue weighted by Crippen LogP contribution is 2.27. The van der Waals surface area contributed by atoms with E-state index in [0.29, 0.717) is 0 Å². The molecule has 0 aliphatic carbocycles. The molecule has 2 aromatic rings. The SMILES string of the molecule is Cc1cc(Oc2c(F)cccc2F)ncc1N[C@@H](C)N. The number of pyridine rings is 1. The predicted molar refractivity (Wildman–Crippen MR) is 72.7 cm³/mol. The predicted octanol–water partition coefficient (Wildman–Crippen LogP) is 3.18. The molecule has 1 aromatic heterocycles. The first-order valence-corrected chi connectivity index (χ1v) is 6.08. The molecule has 0 aliphatic rings. The zero-order chi connectivity index (χ0) is 14.7. The molecule has 0 saturated carbocycles. The van der Waals surface area contributed by atoms with Crippen LogP contribution < -0.4 is 15.8 Å². The Morgan fingerprint density at radius 2 is 1.95 bits per heavy atom. The summed E-state index contributed by atoms with van der Waals surface area (Å²) in [4.78, 5) is 4.00. The number of ether oxygens (including phenoxy) is 1. The topological polar surface area (TPSA) is 60.2 Å². The van der Waals surface area contributed by atoms with Gasteiger partial charge in [-0.15, -0.1) is 0 Å². The van der Waals surface area contributed by atoms with Crippen LogP contribution in [0, 0.1) is 18.6 Å². The van der Waals surface area contributed by atoms with Gasteiger partial charge in [0.05, 0.1) is 18.1 Å². The molecule has 4 nitrogen and oxygen atoms in total. The number of anilines is 1. The Balaban J connectivity index is 2.25. The van der Waals surface area contributed by atoms with Gasteiger partial charge in [-0.05, 0) is 31.5 Å². The molecule has 1 aromatic carbocycles. The summed E-state index contributed by atoms with van der Waals surface area (Å²) in [6.45, 7) is 3.61. The molecule has 0 amide bonds. The second kappa shape index (κ2) is 5.83. The van der Waals surface area contributed by atoms with E-state index in [1.165, 1.54) is 12.3 Å². The van der Waals surface area contributed by atoms with Crippen LogP contribution in [0.15, 0.2) is 30.5 Å². The Morgan fingerprint density at radius 3 is 2.50 bits per heavy atom. The molecular weight excluding hydrogens is 264 g/mol. The standard InChI is InChI=1S/C14H15F2N3O/c1-8-6-13(18-7-12(8)19-9(2)17)20-14-10(15)4-3-5-11(14)16/h3-7,9,19H,17H2,1-2H3/t9-/m0/s1. The van der Waals surface area contributed by atoms with Crippen molar-refractivity contribution in [3.63, 3.8) is 0 Å². The summed E-state index contributed by atoms with van der Waals surface area (Å²) in [6, 6.07) is 5.09. The molecule has 0 radical (unpaired) electrons. The number of nitrogens with zero attached hydrogens (tertiary/aromatic N) is 1. The van der Waals surface area contributed by atoms with Gasteiger partial charge in [-0.3, -0.25) is 0 Å². The molecule has 2 rings (SSSR count). The fourth-order valence-electron chi connectivity index (χ4n) is 1.67. The van der Waals surface area contributed by atoms with E-state index in [4.69, 9.17) is 10.5 Å². The van der Waals surface area contributed by atoms with E-state index < -0.39 is 17.4 Å². The summed E-state index contributed by atoms with van der Waals surface area (Å²) in [5.41, 5.74) is 7.17. The van der Waals surface area contributed by atoms with Gasteiger partial charge >= 0.3 is 0 Å². The molecule has 0 aliphatic heterocycles. The lowest BCUT2D eigenvalue weighted by molar-refractivity contribution is 0.395. The van der Waals surface area contributed by atoms with Gasteiger partial charge in [0, 0.05) is 6.07 Å². The van der Waals surface area contributed by atoms with Gasteiger partial charge < -0.3 is 15.8 Å². The summed E-state index contributed by atoms with van der Waals surface area (Å²) in [5.74, 6) is -1.90. The third-order valence-corrected chi connectivity index (χ3v) is 2.59. The molecule has 0 spiro atoms. The van der Waals surface area contributed by atoms with E-state index in [1.807, 2.05) is 6.92 Å². The van der Waals surface area contributed by atoms with Crippen molar-refractivity contribution in [2.75, 3.05) is 5.32 Å². The Bertz CT molecular complexity index is 597. The molecule has 1 heterocycles. The van der Waals surface area contributed by atoms with Crippen molar-refractivity contribution in [1.29, 1.82) is 0 Å². The monoisotopic (exact) mass is 279 g/mol. The second-order valence-corrected chi connectivity index (χ2v) is 4.42. The number of hydrogen-bond acceptors (Lipinski definition) is 4. The highest BCUT2D eigenvalue weighted by atomic mass is 19.1. The molecule has 0 saturated heterocycles. The van der Waals surface area contributed by atoms with Gasteiger partial charge in [0.25, 0.3) is 0 Å². The van der Waals surface area contributed by atoms with Crippen molar-refractivity contribution in [3.05, 3.63) is 47.7 Å². The fraction of sp³-hybridized carbons (Fsp3) is 0.214. The number of halogens is 2. The number of nitrogens with two attached hydrogens (primary N) is 1. The van der Waals surface area contributed by atoms with E-state index in [-0.39, 0.29) is 12.0 Å². The van der Waals surface area contributed by atoms with E-state index in [9.17, 15) is 8.78 Å². The van der Waals surface area contributed by atoms with Crippen LogP contribution in [0.4, 0.5) is 14.5 Å². The van der Waals surface area contributed by atoms with Crippen molar-refractivity contribution >= 4 is 5.69 Å². The fourth-order valence-corrected chi connectivity index (χ4v) is 1.67. The summed E-state index contributed by atoms with van der Waals surface area (Å²) in [5, 5.41) is 3.00. The molecule has 6 heteroatoms. The minimum atomic E-state index is -0.776. The van der Waals surface area contributed by atoms with Crippen LogP contribution in [0.2, 0.25) is 0 Å². The summed E-state index contributed by atoms with van der Waals surface area (Å²) < 4.78 is 32.1. The molecule has 3 N–H and O–H groups in total. The maximum atomic E-state index is 13.5. The lowest BCUT2D eigenvalue weighted by Crippen LogP contribution is -2.25. The third-order valence-electron chi connectivity index (χ3n) is 2.59. The van der Waals surface area contributed by atoms with Crippen molar-refractivity contribution < 1.29 is 13.5 Å². The number of para-hydroxylation sites is 1. The van der Waals surface area contributed by atoms with Crippen LogP contribution in [0.25, 0.3) is 0 Å². The average Bonchev–Trinajstić information content (AvgIpc) is 2.37. The zero-order valence-electron chi connectivity index (χ0n) is 11.2. The second-order valence-electron chi connectivity index (χ2n) is 4.42. The number of rotatable bonds is 4. The minimum Gasteiger partial charge on any atom is -0.433 e. The molecular formula is C14H15F2N3O. The summed E-state index contributed by atoms with van der Waals surface area (Å²) in [7, 11) is 0. The number of nitrogens with one attached hydrogen (secondary N) is 1. The zero-order valence-corrected chi connectivity index (χ0v) is 11.2. The Morgan fingerprint density at radius 1 is 1.30 bits per heavy atom. The molecule has 0 unspecified atom stereocenters. The van der Waals surface area contributed by atoms with Gasteiger partial charge in [0.2, 0.25) is 11.6 Å². The van der Waals surface area contributed by atoms with Crippen LogP contribution in [-0.2, 0) is 0 Å². The van der Waals surface area contributed by atoms with Crippen LogP contribution in [0.1, 0.15) is 12.5 Å². The Hall–Kier alpha value is -2.21. The number of benzene rings is 1. The lowest BCUT2D eigenvalue weighted by atomic mass is 10.2. The normalized spacial score (nSPS) is 12.1.